The molecule has 0 bridgehead atoms. The van der Waals surface area contributed by atoms with Gasteiger partial charge in [0.1, 0.15) is 0 Å². The lowest BCUT2D eigenvalue weighted by atomic mass is 10.3. The van der Waals surface area contributed by atoms with Crippen LogP contribution in [0, 0.1) is 0 Å². The molecule has 1 aliphatic heterocycles. The number of ether oxygens (including phenoxy) is 1. The Morgan fingerprint density at radius 3 is 2.88 bits per heavy atom. The monoisotopic (exact) mass is 240 g/mol. The Kier molecular flexibility index (Phi) is 4.47. The molecular formula is C11H20N4O2. The molecule has 0 amide bonds. The highest BCUT2D eigenvalue weighted by molar-refractivity contribution is 4.81. The summed E-state index contributed by atoms with van der Waals surface area (Å²) in [6.07, 6.45) is 1.04. The molecule has 96 valence electrons. The van der Waals surface area contributed by atoms with Crippen molar-refractivity contribution in [2.75, 3.05) is 33.3 Å². The summed E-state index contributed by atoms with van der Waals surface area (Å²) in [7, 11) is 2.04. The predicted octanol–water partition coefficient (Wildman–Crippen LogP) is 0.0522. The zero-order valence-electron chi connectivity index (χ0n) is 10.5. The maximum Gasteiger partial charge on any atom is 0.230 e. The van der Waals surface area contributed by atoms with E-state index in [0.29, 0.717) is 18.3 Å². The molecule has 1 unspecified atom stereocenters. The van der Waals surface area contributed by atoms with Crippen molar-refractivity contribution in [1.29, 1.82) is 0 Å². The first kappa shape index (κ1) is 12.5. The molecule has 0 aliphatic carbocycles. The van der Waals surface area contributed by atoms with Gasteiger partial charge in [-0.25, -0.2) is 0 Å². The maximum absolute atomic E-state index is 5.64. The molecule has 0 radical (unpaired) electrons. The molecule has 1 N–H and O–H groups in total. The molecule has 6 nitrogen and oxygen atoms in total. The second-order valence-corrected chi connectivity index (χ2v) is 4.34. The molecule has 2 rings (SSSR count). The summed E-state index contributed by atoms with van der Waals surface area (Å²) in [4.78, 5) is 2.14. The van der Waals surface area contributed by atoms with Gasteiger partial charge >= 0.3 is 0 Å². The standard InChI is InChI=1S/C11H20N4O2/c1-3-10-13-14-11(17-10)8-15(2)7-9-6-12-4-5-16-9/h9,12H,3-8H2,1-2H3. The SMILES string of the molecule is CCc1nnc(CN(C)CC2CNCCO2)o1. The molecule has 1 fully saturated rings. The Morgan fingerprint density at radius 2 is 2.24 bits per heavy atom. The molecule has 0 aromatic carbocycles. The van der Waals surface area contributed by atoms with Crippen molar-refractivity contribution in [3.05, 3.63) is 11.8 Å². The summed E-state index contributed by atoms with van der Waals surface area (Å²) in [5.74, 6) is 1.37. The third-order valence-corrected chi connectivity index (χ3v) is 2.74. The van der Waals surface area contributed by atoms with Crippen molar-refractivity contribution < 1.29 is 9.15 Å². The quantitative estimate of drug-likeness (QED) is 0.785. The number of hydrogen-bond donors (Lipinski definition) is 1. The molecule has 0 spiro atoms. The Bertz CT molecular complexity index is 336. The molecule has 1 aromatic rings. The average molecular weight is 240 g/mol. The average Bonchev–Trinajstić information content (AvgIpc) is 2.78. The van der Waals surface area contributed by atoms with E-state index in [9.17, 15) is 0 Å². The normalized spacial score (nSPS) is 21.0. The van der Waals surface area contributed by atoms with Crippen molar-refractivity contribution in [1.82, 2.24) is 20.4 Å². The van der Waals surface area contributed by atoms with Crippen LogP contribution in [0.15, 0.2) is 4.42 Å². The highest BCUT2D eigenvalue weighted by atomic mass is 16.5. The largest absolute Gasteiger partial charge is 0.424 e. The van der Waals surface area contributed by atoms with Crippen LogP contribution >= 0.6 is 0 Å². The van der Waals surface area contributed by atoms with Crippen molar-refractivity contribution >= 4 is 0 Å². The van der Waals surface area contributed by atoms with E-state index in [1.807, 2.05) is 14.0 Å². The number of likely N-dealkylation sites (N-methyl/N-ethyl adjacent to an activating group) is 1. The van der Waals surface area contributed by atoms with Crippen LogP contribution in [-0.2, 0) is 17.7 Å². The smallest absolute Gasteiger partial charge is 0.230 e. The lowest BCUT2D eigenvalue weighted by Crippen LogP contribution is -2.44. The van der Waals surface area contributed by atoms with Gasteiger partial charge in [0, 0.05) is 26.1 Å². The Balaban J connectivity index is 1.77. The number of rotatable bonds is 5. The fraction of sp³-hybridized carbons (Fsp3) is 0.818. The molecule has 17 heavy (non-hydrogen) atoms. The number of morpholine rings is 1. The van der Waals surface area contributed by atoms with E-state index in [-0.39, 0.29) is 6.10 Å². The minimum Gasteiger partial charge on any atom is -0.424 e. The van der Waals surface area contributed by atoms with Gasteiger partial charge in [0.15, 0.2) is 0 Å². The van der Waals surface area contributed by atoms with Crippen LogP contribution in [-0.4, -0.2) is 54.5 Å². The minimum atomic E-state index is 0.252. The van der Waals surface area contributed by atoms with E-state index in [1.54, 1.807) is 0 Å². The third kappa shape index (κ3) is 3.76. The van der Waals surface area contributed by atoms with Crippen molar-refractivity contribution in [3.63, 3.8) is 0 Å². The fourth-order valence-electron chi connectivity index (χ4n) is 1.88. The predicted molar refractivity (Wildman–Crippen MR) is 62.6 cm³/mol. The van der Waals surface area contributed by atoms with Crippen LogP contribution < -0.4 is 5.32 Å². The first-order chi connectivity index (χ1) is 8.28. The van der Waals surface area contributed by atoms with Gasteiger partial charge < -0.3 is 14.5 Å². The van der Waals surface area contributed by atoms with E-state index in [1.165, 1.54) is 0 Å². The van der Waals surface area contributed by atoms with Gasteiger partial charge in [0.2, 0.25) is 11.8 Å². The van der Waals surface area contributed by atoms with Gasteiger partial charge in [-0.1, -0.05) is 6.92 Å². The van der Waals surface area contributed by atoms with Gasteiger partial charge in [0.25, 0.3) is 0 Å². The second-order valence-electron chi connectivity index (χ2n) is 4.34. The van der Waals surface area contributed by atoms with Crippen LogP contribution in [0.1, 0.15) is 18.7 Å². The molecule has 1 aliphatic rings. The number of nitrogens with zero attached hydrogens (tertiary/aromatic N) is 3. The summed E-state index contributed by atoms with van der Waals surface area (Å²) >= 11 is 0. The molecule has 2 heterocycles. The highest BCUT2D eigenvalue weighted by Crippen LogP contribution is 2.05. The van der Waals surface area contributed by atoms with Crippen LogP contribution in [0.4, 0.5) is 0 Å². The summed E-state index contributed by atoms with van der Waals surface area (Å²) in [5, 5.41) is 11.3. The van der Waals surface area contributed by atoms with E-state index < -0.39 is 0 Å². The van der Waals surface area contributed by atoms with Crippen LogP contribution in [0.2, 0.25) is 0 Å². The first-order valence-electron chi connectivity index (χ1n) is 6.10. The Labute approximate surface area is 101 Å². The van der Waals surface area contributed by atoms with Crippen LogP contribution in [0.25, 0.3) is 0 Å². The molecule has 1 saturated heterocycles. The van der Waals surface area contributed by atoms with E-state index in [4.69, 9.17) is 9.15 Å². The lowest BCUT2D eigenvalue weighted by Gasteiger charge is -2.27. The molecular weight excluding hydrogens is 220 g/mol. The van der Waals surface area contributed by atoms with E-state index in [0.717, 1.165) is 32.7 Å². The van der Waals surface area contributed by atoms with Crippen molar-refractivity contribution in [2.45, 2.75) is 26.0 Å². The maximum atomic E-state index is 5.64. The summed E-state index contributed by atoms with van der Waals surface area (Å²) in [6.45, 7) is 6.20. The van der Waals surface area contributed by atoms with Crippen molar-refractivity contribution in [3.8, 4) is 0 Å². The van der Waals surface area contributed by atoms with Gasteiger partial charge in [-0.15, -0.1) is 10.2 Å². The van der Waals surface area contributed by atoms with Crippen LogP contribution in [0.3, 0.4) is 0 Å². The van der Waals surface area contributed by atoms with Gasteiger partial charge in [-0.3, -0.25) is 4.90 Å². The molecule has 6 heteroatoms. The van der Waals surface area contributed by atoms with E-state index in [2.05, 4.69) is 20.4 Å². The first-order valence-corrected chi connectivity index (χ1v) is 6.10. The van der Waals surface area contributed by atoms with Gasteiger partial charge in [0.05, 0.1) is 19.3 Å². The highest BCUT2D eigenvalue weighted by Gasteiger charge is 2.16. The van der Waals surface area contributed by atoms with E-state index >= 15 is 0 Å². The molecule has 1 aromatic heterocycles. The lowest BCUT2D eigenvalue weighted by molar-refractivity contribution is 0.00768. The van der Waals surface area contributed by atoms with Gasteiger partial charge in [-0.2, -0.15) is 0 Å². The van der Waals surface area contributed by atoms with Crippen LogP contribution in [0.5, 0.6) is 0 Å². The van der Waals surface area contributed by atoms with Crippen molar-refractivity contribution in [2.24, 2.45) is 0 Å². The number of nitrogens with one attached hydrogen (secondary N) is 1. The topological polar surface area (TPSA) is 63.4 Å². The zero-order valence-corrected chi connectivity index (χ0v) is 10.5. The fourth-order valence-corrected chi connectivity index (χ4v) is 1.88. The molecule has 0 saturated carbocycles. The summed E-state index contributed by atoms with van der Waals surface area (Å²) in [5.41, 5.74) is 0. The Morgan fingerprint density at radius 1 is 1.41 bits per heavy atom. The van der Waals surface area contributed by atoms with Gasteiger partial charge in [-0.05, 0) is 7.05 Å². The summed E-state index contributed by atoms with van der Waals surface area (Å²) in [6, 6.07) is 0. The molecule has 1 atom stereocenters. The number of hydrogen-bond acceptors (Lipinski definition) is 6. The number of aryl methyl sites for hydroxylation is 1. The number of aromatic nitrogens is 2. The Hall–Kier alpha value is -0.980. The zero-order chi connectivity index (χ0) is 12.1. The summed E-state index contributed by atoms with van der Waals surface area (Å²) < 4.78 is 11.1. The third-order valence-electron chi connectivity index (χ3n) is 2.74. The minimum absolute atomic E-state index is 0.252. The second kappa shape index (κ2) is 6.09.